The summed E-state index contributed by atoms with van der Waals surface area (Å²) in [4.78, 5) is 20.3. The van der Waals surface area contributed by atoms with Gasteiger partial charge in [0.15, 0.2) is 0 Å². The zero-order chi connectivity index (χ0) is 14.8. The Morgan fingerprint density at radius 3 is 1.75 bits per heavy atom. The predicted octanol–water partition coefficient (Wildman–Crippen LogP) is 3.10. The minimum atomic E-state index is 0.181. The van der Waals surface area contributed by atoms with Gasteiger partial charge in [-0.15, -0.1) is 0 Å². The molecule has 0 atom stereocenters. The number of benzene rings is 2. The van der Waals surface area contributed by atoms with Crippen molar-refractivity contribution in [1.29, 1.82) is 0 Å². The largest absolute Gasteiger partial charge is 0.508 e. The van der Waals surface area contributed by atoms with Crippen molar-refractivity contribution in [2.24, 2.45) is 0 Å². The van der Waals surface area contributed by atoms with Crippen LogP contribution in [0.3, 0.4) is 0 Å². The Morgan fingerprint density at radius 1 is 0.900 bits per heavy atom. The van der Waals surface area contributed by atoms with Gasteiger partial charge in [-0.2, -0.15) is 0 Å². The van der Waals surface area contributed by atoms with Gasteiger partial charge in [-0.3, -0.25) is 9.59 Å². The highest BCUT2D eigenvalue weighted by molar-refractivity contribution is 5.75. The maximum Gasteiger partial charge on any atom is 0.150 e. The summed E-state index contributed by atoms with van der Waals surface area (Å²) in [6.45, 7) is 2.58. The van der Waals surface area contributed by atoms with Crippen molar-refractivity contribution in [3.63, 3.8) is 0 Å². The minimum Gasteiger partial charge on any atom is -0.508 e. The third-order valence-corrected chi connectivity index (χ3v) is 2.36. The Morgan fingerprint density at radius 2 is 1.35 bits per heavy atom. The lowest BCUT2D eigenvalue weighted by atomic mass is 10.2. The number of ether oxygens (including phenoxy) is 1. The van der Waals surface area contributed by atoms with Crippen molar-refractivity contribution in [2.45, 2.75) is 6.92 Å². The van der Waals surface area contributed by atoms with E-state index < -0.39 is 0 Å². The summed E-state index contributed by atoms with van der Waals surface area (Å²) < 4.78 is 5.19. The third kappa shape index (κ3) is 5.35. The van der Waals surface area contributed by atoms with Crippen LogP contribution in [0.5, 0.6) is 11.5 Å². The zero-order valence-corrected chi connectivity index (χ0v) is 11.2. The average Bonchev–Trinajstić information content (AvgIpc) is 2.50. The molecule has 2 aromatic rings. The Labute approximate surface area is 117 Å². The van der Waals surface area contributed by atoms with Crippen LogP contribution in [0.4, 0.5) is 0 Å². The summed E-state index contributed by atoms with van der Waals surface area (Å²) in [5, 5.41) is 8.74. The lowest BCUT2D eigenvalue weighted by Crippen LogP contribution is -1.90. The Hall–Kier alpha value is -2.62. The second-order valence-electron chi connectivity index (χ2n) is 3.83. The highest BCUT2D eigenvalue weighted by Gasteiger charge is 1.91. The number of phenols is 1. The van der Waals surface area contributed by atoms with Crippen LogP contribution >= 0.6 is 0 Å². The molecule has 4 heteroatoms. The molecule has 0 radical (unpaired) electrons. The van der Waals surface area contributed by atoms with Gasteiger partial charge in [0.2, 0.25) is 0 Å². The van der Waals surface area contributed by atoms with E-state index >= 15 is 0 Å². The quantitative estimate of drug-likeness (QED) is 0.869. The summed E-state index contributed by atoms with van der Waals surface area (Å²) in [6.07, 6.45) is 1.55. The van der Waals surface area contributed by atoms with Crippen LogP contribution < -0.4 is 4.74 Å². The van der Waals surface area contributed by atoms with E-state index in [2.05, 4.69) is 0 Å². The van der Waals surface area contributed by atoms with Gasteiger partial charge in [0.25, 0.3) is 0 Å². The summed E-state index contributed by atoms with van der Waals surface area (Å²) in [5.41, 5.74) is 1.25. The highest BCUT2D eigenvalue weighted by Crippen LogP contribution is 2.10. The molecule has 0 spiro atoms. The van der Waals surface area contributed by atoms with E-state index in [1.54, 1.807) is 36.4 Å². The van der Waals surface area contributed by atoms with Crippen molar-refractivity contribution >= 4 is 12.6 Å². The van der Waals surface area contributed by atoms with Crippen LogP contribution in [-0.2, 0) is 0 Å². The molecular weight excluding hydrogens is 256 g/mol. The standard InChI is InChI=1S/C9H10O2.C7H6O2/c1-2-11-9-5-3-8(7-10)4-6-9;8-5-6-1-3-7(9)4-2-6/h3-7H,2H2,1H3;1-5,9H. The highest BCUT2D eigenvalue weighted by atomic mass is 16.5. The van der Waals surface area contributed by atoms with Crippen molar-refractivity contribution in [2.75, 3.05) is 6.61 Å². The average molecular weight is 272 g/mol. The number of carbonyl (C=O) groups excluding carboxylic acids is 2. The molecule has 0 aliphatic heterocycles. The Kier molecular flexibility index (Phi) is 6.54. The Bertz CT molecular complexity index is 529. The van der Waals surface area contributed by atoms with E-state index in [9.17, 15) is 9.59 Å². The Balaban J connectivity index is 0.000000204. The SMILES string of the molecule is CCOc1ccc(C=O)cc1.O=Cc1ccc(O)cc1. The van der Waals surface area contributed by atoms with Gasteiger partial charge < -0.3 is 9.84 Å². The normalized spacial score (nSPS) is 9.05. The van der Waals surface area contributed by atoms with E-state index in [4.69, 9.17) is 9.84 Å². The van der Waals surface area contributed by atoms with Gasteiger partial charge >= 0.3 is 0 Å². The first-order valence-corrected chi connectivity index (χ1v) is 6.12. The predicted molar refractivity (Wildman–Crippen MR) is 76.5 cm³/mol. The molecule has 0 aliphatic rings. The van der Waals surface area contributed by atoms with E-state index in [-0.39, 0.29) is 5.75 Å². The molecule has 4 nitrogen and oxygen atoms in total. The van der Waals surface area contributed by atoms with Crippen molar-refractivity contribution in [1.82, 2.24) is 0 Å². The van der Waals surface area contributed by atoms with Gasteiger partial charge in [0.05, 0.1) is 6.61 Å². The summed E-state index contributed by atoms with van der Waals surface area (Å²) >= 11 is 0. The number of phenolic OH excluding ortho intramolecular Hbond substituents is 1. The third-order valence-electron chi connectivity index (χ3n) is 2.36. The van der Waals surface area contributed by atoms with Gasteiger partial charge in [-0.1, -0.05) is 0 Å². The fraction of sp³-hybridized carbons (Fsp3) is 0.125. The second kappa shape index (κ2) is 8.48. The molecule has 104 valence electrons. The molecule has 2 rings (SSSR count). The molecule has 0 heterocycles. The molecule has 0 saturated heterocycles. The maximum absolute atomic E-state index is 10.2. The molecule has 2 aromatic carbocycles. The van der Waals surface area contributed by atoms with Gasteiger partial charge in [0, 0.05) is 11.1 Å². The lowest BCUT2D eigenvalue weighted by Gasteiger charge is -2.00. The van der Waals surface area contributed by atoms with Crippen LogP contribution in [0.2, 0.25) is 0 Å². The molecule has 0 aromatic heterocycles. The van der Waals surface area contributed by atoms with E-state index in [0.717, 1.165) is 18.3 Å². The fourth-order valence-corrected chi connectivity index (χ4v) is 1.36. The van der Waals surface area contributed by atoms with Crippen LogP contribution in [0.25, 0.3) is 0 Å². The molecular formula is C16H16O4. The summed E-state index contributed by atoms with van der Waals surface area (Å²) in [6, 6.07) is 13.1. The first-order valence-electron chi connectivity index (χ1n) is 6.12. The number of carbonyl (C=O) groups is 2. The number of hydrogen-bond donors (Lipinski definition) is 1. The van der Waals surface area contributed by atoms with Crippen molar-refractivity contribution in [3.05, 3.63) is 59.7 Å². The molecule has 0 saturated carbocycles. The lowest BCUT2D eigenvalue weighted by molar-refractivity contribution is 0.111. The van der Waals surface area contributed by atoms with E-state index in [1.807, 2.05) is 6.92 Å². The van der Waals surface area contributed by atoms with E-state index in [1.165, 1.54) is 12.1 Å². The fourth-order valence-electron chi connectivity index (χ4n) is 1.36. The molecule has 0 bridgehead atoms. The molecule has 20 heavy (non-hydrogen) atoms. The monoisotopic (exact) mass is 272 g/mol. The van der Waals surface area contributed by atoms with Gasteiger partial charge in [-0.05, 0) is 55.5 Å². The first-order chi connectivity index (χ1) is 9.69. The van der Waals surface area contributed by atoms with Crippen molar-refractivity contribution in [3.8, 4) is 11.5 Å². The van der Waals surface area contributed by atoms with Crippen LogP contribution in [0.1, 0.15) is 27.6 Å². The number of aldehydes is 2. The first kappa shape index (κ1) is 15.4. The molecule has 0 amide bonds. The molecule has 0 unspecified atom stereocenters. The summed E-state index contributed by atoms with van der Waals surface area (Å²) in [5.74, 6) is 0.985. The number of rotatable bonds is 4. The van der Waals surface area contributed by atoms with Crippen LogP contribution in [0.15, 0.2) is 48.5 Å². The molecule has 0 fully saturated rings. The maximum atomic E-state index is 10.2. The second-order valence-corrected chi connectivity index (χ2v) is 3.83. The topological polar surface area (TPSA) is 63.6 Å². The van der Waals surface area contributed by atoms with Crippen molar-refractivity contribution < 1.29 is 19.4 Å². The smallest absolute Gasteiger partial charge is 0.150 e. The summed E-state index contributed by atoms with van der Waals surface area (Å²) in [7, 11) is 0. The van der Waals surface area contributed by atoms with Gasteiger partial charge in [0.1, 0.15) is 24.1 Å². The number of hydrogen-bond acceptors (Lipinski definition) is 4. The van der Waals surface area contributed by atoms with Gasteiger partial charge in [-0.25, -0.2) is 0 Å². The number of aromatic hydroxyl groups is 1. The molecule has 1 N–H and O–H groups in total. The zero-order valence-electron chi connectivity index (χ0n) is 11.2. The molecule has 0 aliphatic carbocycles. The van der Waals surface area contributed by atoms with Crippen LogP contribution in [-0.4, -0.2) is 24.3 Å². The van der Waals surface area contributed by atoms with E-state index in [0.29, 0.717) is 17.7 Å². The minimum absolute atomic E-state index is 0.181. The van der Waals surface area contributed by atoms with Crippen LogP contribution in [0, 0.1) is 0 Å².